The average Bonchev–Trinajstić information content (AvgIpc) is 2.18. The zero-order chi connectivity index (χ0) is 10.1. The van der Waals surface area contributed by atoms with Gasteiger partial charge in [0.15, 0.2) is 0 Å². The number of nitrogen functional groups attached to an aromatic ring is 1. The summed E-state index contributed by atoms with van der Waals surface area (Å²) in [6.45, 7) is 2.20. The standard InChI is InChI=1S/C10H15N3O/c1-6-2-3-7(6)13-8-4-5-12-10(14)9(8)11/h4-7H,2-3,11H2,1H3,(H2,12,13,14). The predicted molar refractivity (Wildman–Crippen MR) is 57.3 cm³/mol. The van der Waals surface area contributed by atoms with Gasteiger partial charge in [-0.2, -0.15) is 0 Å². The number of pyridine rings is 1. The summed E-state index contributed by atoms with van der Waals surface area (Å²) >= 11 is 0. The highest BCUT2D eigenvalue weighted by Gasteiger charge is 2.26. The first kappa shape index (κ1) is 9.12. The van der Waals surface area contributed by atoms with Crippen LogP contribution < -0.4 is 16.6 Å². The van der Waals surface area contributed by atoms with E-state index in [0.29, 0.717) is 12.0 Å². The molecular formula is C10H15N3O. The van der Waals surface area contributed by atoms with E-state index in [4.69, 9.17) is 5.73 Å². The van der Waals surface area contributed by atoms with Crippen molar-refractivity contribution in [3.63, 3.8) is 0 Å². The second-order valence-electron chi connectivity index (χ2n) is 3.94. The van der Waals surface area contributed by atoms with E-state index in [1.54, 1.807) is 6.20 Å². The maximum atomic E-state index is 11.2. The van der Waals surface area contributed by atoms with Gasteiger partial charge in [0.25, 0.3) is 5.56 Å². The maximum Gasteiger partial charge on any atom is 0.273 e. The fraction of sp³-hybridized carbons (Fsp3) is 0.500. The van der Waals surface area contributed by atoms with Crippen LogP contribution in [0.25, 0.3) is 0 Å². The molecule has 0 bridgehead atoms. The number of aromatic amines is 1. The summed E-state index contributed by atoms with van der Waals surface area (Å²) in [4.78, 5) is 13.7. The molecule has 4 nitrogen and oxygen atoms in total. The van der Waals surface area contributed by atoms with E-state index in [0.717, 1.165) is 12.1 Å². The average molecular weight is 193 g/mol. The Labute approximate surface area is 82.5 Å². The minimum absolute atomic E-state index is 0.220. The van der Waals surface area contributed by atoms with E-state index in [9.17, 15) is 4.79 Å². The minimum Gasteiger partial charge on any atom is -0.393 e. The van der Waals surface area contributed by atoms with Crippen molar-refractivity contribution < 1.29 is 0 Å². The van der Waals surface area contributed by atoms with E-state index in [1.165, 1.54) is 6.42 Å². The summed E-state index contributed by atoms with van der Waals surface area (Å²) in [5.41, 5.74) is 6.47. The van der Waals surface area contributed by atoms with Crippen molar-refractivity contribution in [2.75, 3.05) is 11.1 Å². The van der Waals surface area contributed by atoms with Crippen molar-refractivity contribution in [2.24, 2.45) is 5.92 Å². The number of nitrogens with one attached hydrogen (secondary N) is 2. The third-order valence-electron chi connectivity index (χ3n) is 2.96. The van der Waals surface area contributed by atoms with Crippen LogP contribution in [0.4, 0.5) is 11.4 Å². The van der Waals surface area contributed by atoms with Crippen molar-refractivity contribution >= 4 is 11.4 Å². The van der Waals surface area contributed by atoms with Crippen LogP contribution in [-0.4, -0.2) is 11.0 Å². The van der Waals surface area contributed by atoms with E-state index in [1.807, 2.05) is 6.07 Å². The normalized spacial score (nSPS) is 25.5. The van der Waals surface area contributed by atoms with Gasteiger partial charge in [-0.05, 0) is 24.8 Å². The van der Waals surface area contributed by atoms with Crippen molar-refractivity contribution in [2.45, 2.75) is 25.8 Å². The lowest BCUT2D eigenvalue weighted by atomic mass is 9.81. The third kappa shape index (κ3) is 1.47. The lowest BCUT2D eigenvalue weighted by molar-refractivity contribution is 0.303. The van der Waals surface area contributed by atoms with Crippen molar-refractivity contribution in [1.29, 1.82) is 0 Å². The molecule has 1 aromatic heterocycles. The van der Waals surface area contributed by atoms with Gasteiger partial charge in [-0.15, -0.1) is 0 Å². The highest BCUT2D eigenvalue weighted by atomic mass is 16.1. The van der Waals surface area contributed by atoms with Crippen LogP contribution in [0, 0.1) is 5.92 Å². The summed E-state index contributed by atoms with van der Waals surface area (Å²) in [6.07, 6.45) is 4.03. The second-order valence-corrected chi connectivity index (χ2v) is 3.94. The highest BCUT2D eigenvalue weighted by molar-refractivity contribution is 5.64. The Balaban J connectivity index is 2.16. The number of rotatable bonds is 2. The Morgan fingerprint density at radius 1 is 1.57 bits per heavy atom. The summed E-state index contributed by atoms with van der Waals surface area (Å²) in [7, 11) is 0. The van der Waals surface area contributed by atoms with Gasteiger partial charge in [0, 0.05) is 12.2 Å². The number of aromatic nitrogens is 1. The fourth-order valence-corrected chi connectivity index (χ4v) is 1.70. The molecule has 1 aliphatic carbocycles. The molecule has 1 fully saturated rings. The van der Waals surface area contributed by atoms with Gasteiger partial charge in [-0.1, -0.05) is 6.92 Å². The number of hydrogen-bond acceptors (Lipinski definition) is 3. The Morgan fingerprint density at radius 2 is 2.36 bits per heavy atom. The zero-order valence-corrected chi connectivity index (χ0v) is 8.21. The predicted octanol–water partition coefficient (Wildman–Crippen LogP) is 1.17. The topological polar surface area (TPSA) is 70.9 Å². The molecular weight excluding hydrogens is 178 g/mol. The quantitative estimate of drug-likeness (QED) is 0.660. The zero-order valence-electron chi connectivity index (χ0n) is 8.21. The molecule has 1 saturated carbocycles. The first-order valence-electron chi connectivity index (χ1n) is 4.92. The number of nitrogens with two attached hydrogens (primary N) is 1. The summed E-state index contributed by atoms with van der Waals surface area (Å²) in [6, 6.07) is 2.28. The Bertz CT molecular complexity index is 385. The molecule has 0 aromatic carbocycles. The molecule has 2 atom stereocenters. The third-order valence-corrected chi connectivity index (χ3v) is 2.96. The van der Waals surface area contributed by atoms with Crippen LogP contribution in [0.5, 0.6) is 0 Å². The fourth-order valence-electron chi connectivity index (χ4n) is 1.70. The Morgan fingerprint density at radius 3 is 2.93 bits per heavy atom. The van der Waals surface area contributed by atoms with Gasteiger partial charge < -0.3 is 16.0 Å². The molecule has 76 valence electrons. The molecule has 0 radical (unpaired) electrons. The van der Waals surface area contributed by atoms with Crippen molar-refractivity contribution in [1.82, 2.24) is 4.98 Å². The van der Waals surface area contributed by atoms with Crippen LogP contribution in [-0.2, 0) is 0 Å². The van der Waals surface area contributed by atoms with Crippen LogP contribution in [0.3, 0.4) is 0 Å². The van der Waals surface area contributed by atoms with E-state index >= 15 is 0 Å². The molecule has 0 spiro atoms. The van der Waals surface area contributed by atoms with Crippen LogP contribution in [0.1, 0.15) is 19.8 Å². The number of H-pyrrole nitrogens is 1. The van der Waals surface area contributed by atoms with Gasteiger partial charge in [-0.25, -0.2) is 0 Å². The summed E-state index contributed by atoms with van der Waals surface area (Å²) in [5, 5.41) is 3.29. The van der Waals surface area contributed by atoms with Gasteiger partial charge in [0.2, 0.25) is 0 Å². The summed E-state index contributed by atoms with van der Waals surface area (Å²) in [5.74, 6) is 0.675. The molecule has 0 amide bonds. The lowest BCUT2D eigenvalue weighted by Gasteiger charge is -2.35. The van der Waals surface area contributed by atoms with Gasteiger partial charge in [0.05, 0.1) is 5.69 Å². The van der Waals surface area contributed by atoms with Crippen molar-refractivity contribution in [3.8, 4) is 0 Å². The van der Waals surface area contributed by atoms with Crippen LogP contribution >= 0.6 is 0 Å². The number of anilines is 2. The van der Waals surface area contributed by atoms with Crippen molar-refractivity contribution in [3.05, 3.63) is 22.6 Å². The molecule has 2 unspecified atom stereocenters. The molecule has 0 aliphatic heterocycles. The molecule has 2 rings (SSSR count). The SMILES string of the molecule is CC1CCC1Nc1cc[nH]c(=O)c1N. The van der Waals surface area contributed by atoms with Crippen LogP contribution in [0.15, 0.2) is 17.1 Å². The molecule has 1 aromatic rings. The van der Waals surface area contributed by atoms with Crippen LogP contribution in [0.2, 0.25) is 0 Å². The molecule has 4 heteroatoms. The van der Waals surface area contributed by atoms with E-state index in [2.05, 4.69) is 17.2 Å². The number of hydrogen-bond donors (Lipinski definition) is 3. The molecule has 1 aliphatic rings. The maximum absolute atomic E-state index is 11.2. The first-order chi connectivity index (χ1) is 6.68. The minimum atomic E-state index is -0.220. The van der Waals surface area contributed by atoms with E-state index in [-0.39, 0.29) is 11.2 Å². The monoisotopic (exact) mass is 193 g/mol. The van der Waals surface area contributed by atoms with Gasteiger partial charge in [-0.3, -0.25) is 4.79 Å². The Hall–Kier alpha value is -1.45. The largest absolute Gasteiger partial charge is 0.393 e. The summed E-state index contributed by atoms with van der Waals surface area (Å²) < 4.78 is 0. The van der Waals surface area contributed by atoms with Gasteiger partial charge in [0.1, 0.15) is 5.69 Å². The second kappa shape index (κ2) is 3.36. The Kier molecular flexibility index (Phi) is 2.19. The molecule has 0 saturated heterocycles. The van der Waals surface area contributed by atoms with Gasteiger partial charge >= 0.3 is 0 Å². The molecule has 1 heterocycles. The van der Waals surface area contributed by atoms with E-state index < -0.39 is 0 Å². The highest BCUT2D eigenvalue weighted by Crippen LogP contribution is 2.30. The molecule has 14 heavy (non-hydrogen) atoms. The smallest absolute Gasteiger partial charge is 0.273 e. The molecule has 4 N–H and O–H groups in total. The first-order valence-corrected chi connectivity index (χ1v) is 4.92. The lowest BCUT2D eigenvalue weighted by Crippen LogP contribution is -2.36.